The van der Waals surface area contributed by atoms with E-state index in [4.69, 9.17) is 0 Å². The Morgan fingerprint density at radius 2 is 1.50 bits per heavy atom. The standard InChI is InChI=1S/C15H31N/c1-13(2)16(14(3)4)12-8-7-11-15-9-5-6-10-15/h13-15H,5-12H2,1-4H3. The molecule has 0 spiro atoms. The molecule has 1 aliphatic carbocycles. The second-order valence-corrected chi connectivity index (χ2v) is 6.07. The highest BCUT2D eigenvalue weighted by Gasteiger charge is 2.15. The summed E-state index contributed by atoms with van der Waals surface area (Å²) in [6.45, 7) is 10.6. The first-order valence-electron chi connectivity index (χ1n) is 7.37. The molecule has 1 rings (SSSR count). The van der Waals surface area contributed by atoms with Crippen LogP contribution in [0.2, 0.25) is 0 Å². The molecular formula is C15H31N. The molecule has 0 atom stereocenters. The number of rotatable bonds is 7. The lowest BCUT2D eigenvalue weighted by atomic mass is 10.0. The molecular weight excluding hydrogens is 194 g/mol. The van der Waals surface area contributed by atoms with Gasteiger partial charge in [0.15, 0.2) is 0 Å². The Morgan fingerprint density at radius 1 is 0.938 bits per heavy atom. The van der Waals surface area contributed by atoms with E-state index in [0.29, 0.717) is 12.1 Å². The molecule has 0 aromatic rings. The zero-order chi connectivity index (χ0) is 12.0. The minimum absolute atomic E-state index is 0.700. The minimum atomic E-state index is 0.700. The van der Waals surface area contributed by atoms with Crippen molar-refractivity contribution < 1.29 is 0 Å². The fraction of sp³-hybridized carbons (Fsp3) is 1.00. The van der Waals surface area contributed by atoms with Crippen LogP contribution in [0.1, 0.15) is 72.6 Å². The molecule has 0 unspecified atom stereocenters. The molecule has 0 radical (unpaired) electrons. The monoisotopic (exact) mass is 225 g/mol. The topological polar surface area (TPSA) is 3.24 Å². The Morgan fingerprint density at radius 3 is 2.00 bits per heavy atom. The van der Waals surface area contributed by atoms with Gasteiger partial charge in [-0.25, -0.2) is 0 Å². The number of hydrogen-bond donors (Lipinski definition) is 0. The largest absolute Gasteiger partial charge is 0.299 e. The predicted octanol–water partition coefficient (Wildman–Crippen LogP) is 4.47. The molecule has 0 aromatic carbocycles. The molecule has 96 valence electrons. The quantitative estimate of drug-likeness (QED) is 0.578. The van der Waals surface area contributed by atoms with Gasteiger partial charge in [0.25, 0.3) is 0 Å². The molecule has 0 N–H and O–H groups in total. The smallest absolute Gasteiger partial charge is 0.00412 e. The molecule has 16 heavy (non-hydrogen) atoms. The van der Waals surface area contributed by atoms with Gasteiger partial charge >= 0.3 is 0 Å². The summed E-state index contributed by atoms with van der Waals surface area (Å²) < 4.78 is 0. The molecule has 0 aromatic heterocycles. The maximum atomic E-state index is 2.62. The van der Waals surface area contributed by atoms with Crippen LogP contribution in [0.4, 0.5) is 0 Å². The lowest BCUT2D eigenvalue weighted by molar-refractivity contribution is 0.170. The molecule has 0 aliphatic heterocycles. The molecule has 0 amide bonds. The molecule has 1 saturated carbocycles. The number of unbranched alkanes of at least 4 members (excludes halogenated alkanes) is 1. The van der Waals surface area contributed by atoms with E-state index >= 15 is 0 Å². The first-order valence-corrected chi connectivity index (χ1v) is 7.37. The Kier molecular flexibility index (Phi) is 6.41. The van der Waals surface area contributed by atoms with Crippen molar-refractivity contribution >= 4 is 0 Å². The van der Waals surface area contributed by atoms with Crippen LogP contribution in [-0.4, -0.2) is 23.5 Å². The van der Waals surface area contributed by atoms with Crippen LogP contribution < -0.4 is 0 Å². The summed E-state index contributed by atoms with van der Waals surface area (Å²) in [6.07, 6.45) is 10.3. The molecule has 0 heterocycles. The van der Waals surface area contributed by atoms with Crippen LogP contribution >= 0.6 is 0 Å². The van der Waals surface area contributed by atoms with Crippen molar-refractivity contribution in [1.29, 1.82) is 0 Å². The van der Waals surface area contributed by atoms with E-state index in [0.717, 1.165) is 5.92 Å². The van der Waals surface area contributed by atoms with Gasteiger partial charge in [0.05, 0.1) is 0 Å². The second kappa shape index (κ2) is 7.32. The third-order valence-electron chi connectivity index (χ3n) is 4.08. The summed E-state index contributed by atoms with van der Waals surface area (Å²) >= 11 is 0. The van der Waals surface area contributed by atoms with Crippen LogP contribution in [-0.2, 0) is 0 Å². The molecule has 0 bridgehead atoms. The van der Waals surface area contributed by atoms with Gasteiger partial charge < -0.3 is 0 Å². The zero-order valence-corrected chi connectivity index (χ0v) is 11.8. The third-order valence-corrected chi connectivity index (χ3v) is 4.08. The van der Waals surface area contributed by atoms with Crippen molar-refractivity contribution in [1.82, 2.24) is 4.90 Å². The van der Waals surface area contributed by atoms with Gasteiger partial charge in [0, 0.05) is 12.1 Å². The Labute approximate surface area is 103 Å². The van der Waals surface area contributed by atoms with E-state index in [1.807, 2.05) is 0 Å². The Hall–Kier alpha value is -0.0400. The first kappa shape index (κ1) is 14.0. The highest BCUT2D eigenvalue weighted by molar-refractivity contribution is 4.70. The van der Waals surface area contributed by atoms with E-state index in [9.17, 15) is 0 Å². The highest BCUT2D eigenvalue weighted by Crippen LogP contribution is 2.28. The Balaban J connectivity index is 2.08. The maximum absolute atomic E-state index is 2.62. The van der Waals surface area contributed by atoms with Crippen molar-refractivity contribution in [3.05, 3.63) is 0 Å². The van der Waals surface area contributed by atoms with Gasteiger partial charge in [-0.2, -0.15) is 0 Å². The molecule has 1 heteroatoms. The van der Waals surface area contributed by atoms with Gasteiger partial charge in [-0.15, -0.1) is 0 Å². The molecule has 1 nitrogen and oxygen atoms in total. The predicted molar refractivity (Wildman–Crippen MR) is 72.8 cm³/mol. The van der Waals surface area contributed by atoms with Crippen molar-refractivity contribution in [3.63, 3.8) is 0 Å². The minimum Gasteiger partial charge on any atom is -0.299 e. The van der Waals surface area contributed by atoms with Crippen LogP contribution in [0.15, 0.2) is 0 Å². The Bertz CT molecular complexity index is 160. The molecule has 0 saturated heterocycles. The number of hydrogen-bond acceptors (Lipinski definition) is 1. The zero-order valence-electron chi connectivity index (χ0n) is 11.8. The van der Waals surface area contributed by atoms with Gasteiger partial charge in [0.1, 0.15) is 0 Å². The van der Waals surface area contributed by atoms with Gasteiger partial charge in [0.2, 0.25) is 0 Å². The highest BCUT2D eigenvalue weighted by atomic mass is 15.2. The van der Waals surface area contributed by atoms with Crippen LogP contribution in [0, 0.1) is 5.92 Å². The summed E-state index contributed by atoms with van der Waals surface area (Å²) in [4.78, 5) is 2.62. The SMILES string of the molecule is CC(C)N(CCCCC1CCCC1)C(C)C. The molecule has 1 fully saturated rings. The summed E-state index contributed by atoms with van der Waals surface area (Å²) in [7, 11) is 0. The average Bonchev–Trinajstić information content (AvgIpc) is 2.68. The lowest BCUT2D eigenvalue weighted by Gasteiger charge is -2.30. The van der Waals surface area contributed by atoms with Crippen LogP contribution in [0.25, 0.3) is 0 Å². The average molecular weight is 225 g/mol. The van der Waals surface area contributed by atoms with Crippen molar-refractivity contribution in [2.24, 2.45) is 5.92 Å². The van der Waals surface area contributed by atoms with Crippen LogP contribution in [0.5, 0.6) is 0 Å². The maximum Gasteiger partial charge on any atom is 0.00412 e. The summed E-state index contributed by atoms with van der Waals surface area (Å²) in [5.74, 6) is 1.08. The van der Waals surface area contributed by atoms with Crippen LogP contribution in [0.3, 0.4) is 0 Å². The van der Waals surface area contributed by atoms with Gasteiger partial charge in [-0.05, 0) is 46.6 Å². The van der Waals surface area contributed by atoms with E-state index in [1.165, 1.54) is 51.5 Å². The van der Waals surface area contributed by atoms with E-state index in [2.05, 4.69) is 32.6 Å². The van der Waals surface area contributed by atoms with E-state index in [1.54, 1.807) is 0 Å². The summed E-state index contributed by atoms with van der Waals surface area (Å²) in [5.41, 5.74) is 0. The fourth-order valence-corrected chi connectivity index (χ4v) is 3.14. The summed E-state index contributed by atoms with van der Waals surface area (Å²) in [5, 5.41) is 0. The van der Waals surface area contributed by atoms with Crippen molar-refractivity contribution in [2.75, 3.05) is 6.54 Å². The fourth-order valence-electron chi connectivity index (χ4n) is 3.14. The summed E-state index contributed by atoms with van der Waals surface area (Å²) in [6, 6.07) is 1.40. The lowest BCUT2D eigenvalue weighted by Crippen LogP contribution is -2.37. The van der Waals surface area contributed by atoms with Gasteiger partial charge in [-0.3, -0.25) is 4.90 Å². The van der Waals surface area contributed by atoms with E-state index < -0.39 is 0 Å². The first-order chi connectivity index (χ1) is 7.61. The molecule has 1 aliphatic rings. The normalized spacial score (nSPS) is 18.2. The third kappa shape index (κ3) is 4.86. The van der Waals surface area contributed by atoms with Crippen molar-refractivity contribution in [2.45, 2.75) is 84.7 Å². The van der Waals surface area contributed by atoms with Crippen molar-refractivity contribution in [3.8, 4) is 0 Å². The van der Waals surface area contributed by atoms with Gasteiger partial charge in [-0.1, -0.05) is 38.5 Å². The number of nitrogens with zero attached hydrogens (tertiary/aromatic N) is 1. The van der Waals surface area contributed by atoms with E-state index in [-0.39, 0.29) is 0 Å². The second-order valence-electron chi connectivity index (χ2n) is 6.07.